The number of nitrogens with zero attached hydrogens (tertiary/aromatic N) is 3. The van der Waals surface area contributed by atoms with Gasteiger partial charge in [0.2, 0.25) is 0 Å². The molecule has 1 amide bonds. The zero-order valence-electron chi connectivity index (χ0n) is 13.8. The topological polar surface area (TPSA) is 107 Å². The quantitative estimate of drug-likeness (QED) is 0.542. The van der Waals surface area contributed by atoms with Crippen LogP contribution in [0.2, 0.25) is 5.02 Å². The van der Waals surface area contributed by atoms with Gasteiger partial charge in [0.15, 0.2) is 0 Å². The molecule has 1 aliphatic carbocycles. The first kappa shape index (κ1) is 18.7. The average Bonchev–Trinajstić information content (AvgIpc) is 3.45. The second-order valence-corrected chi connectivity index (χ2v) is 6.52. The van der Waals surface area contributed by atoms with Crippen LogP contribution < -0.4 is 0 Å². The zero-order valence-corrected chi connectivity index (χ0v) is 14.6. The summed E-state index contributed by atoms with van der Waals surface area (Å²) in [7, 11) is 0. The molecule has 0 N–H and O–H groups in total. The Morgan fingerprint density at radius 2 is 1.74 bits per heavy atom. The maximum Gasteiger partial charge on any atom is 0.277 e. The molecule has 0 saturated heterocycles. The number of carbonyl (C=O) groups excluding carboxylic acids is 1. The molecule has 0 atom stereocenters. The van der Waals surface area contributed by atoms with E-state index in [1.807, 2.05) is 0 Å². The first-order valence-corrected chi connectivity index (χ1v) is 8.33. The summed E-state index contributed by atoms with van der Waals surface area (Å²) < 4.78 is 14.1. The predicted octanol–water partition coefficient (Wildman–Crippen LogP) is 4.10. The van der Waals surface area contributed by atoms with Crippen molar-refractivity contribution in [3.05, 3.63) is 78.6 Å². The number of amides is 1. The molecule has 0 bridgehead atoms. The Kier molecular flexibility index (Phi) is 5.04. The molecule has 140 valence electrons. The van der Waals surface area contributed by atoms with E-state index in [1.54, 1.807) is 0 Å². The van der Waals surface area contributed by atoms with Gasteiger partial charge in [-0.25, -0.2) is 4.39 Å². The third-order valence-electron chi connectivity index (χ3n) is 4.21. The lowest BCUT2D eigenvalue weighted by atomic mass is 10.1. The Morgan fingerprint density at radius 1 is 1.15 bits per heavy atom. The van der Waals surface area contributed by atoms with E-state index in [2.05, 4.69) is 0 Å². The second kappa shape index (κ2) is 7.28. The number of benzene rings is 2. The van der Waals surface area contributed by atoms with Crippen molar-refractivity contribution in [2.24, 2.45) is 0 Å². The van der Waals surface area contributed by atoms with E-state index in [0.29, 0.717) is 12.8 Å². The van der Waals surface area contributed by atoms with Crippen molar-refractivity contribution < 1.29 is 19.0 Å². The summed E-state index contributed by atoms with van der Waals surface area (Å²) in [6, 6.07) is 6.72. The largest absolute Gasteiger partial charge is 0.331 e. The summed E-state index contributed by atoms with van der Waals surface area (Å²) in [5.41, 5.74) is -1.20. The van der Waals surface area contributed by atoms with Gasteiger partial charge in [-0.15, -0.1) is 0 Å². The number of hydrogen-bond acceptors (Lipinski definition) is 5. The molecule has 2 aromatic carbocycles. The van der Waals surface area contributed by atoms with E-state index in [9.17, 15) is 29.4 Å². The number of rotatable bonds is 6. The molecule has 0 radical (unpaired) electrons. The standard InChI is InChI=1S/C17H13ClFN3O5/c18-15-2-1-3-16(19)14(15)9-20(11-4-5-11)17(23)10-6-12(21(24)25)8-13(7-10)22(26)27/h1-3,6-8,11H,4-5,9H2. The third kappa shape index (κ3) is 4.03. The molecular formula is C17H13ClFN3O5. The molecule has 10 heteroatoms. The summed E-state index contributed by atoms with van der Waals surface area (Å²) in [5, 5.41) is 22.2. The first-order valence-electron chi connectivity index (χ1n) is 7.95. The Balaban J connectivity index is 1.99. The normalized spacial score (nSPS) is 13.3. The predicted molar refractivity (Wildman–Crippen MR) is 94.1 cm³/mol. The van der Waals surface area contributed by atoms with Crippen LogP contribution in [0.1, 0.15) is 28.8 Å². The SMILES string of the molecule is O=C(c1cc([N+](=O)[O-])cc([N+](=O)[O-])c1)N(Cc1c(F)cccc1Cl)C1CC1. The third-order valence-corrected chi connectivity index (χ3v) is 4.56. The van der Waals surface area contributed by atoms with E-state index >= 15 is 0 Å². The van der Waals surface area contributed by atoms with Crippen LogP contribution in [-0.2, 0) is 6.54 Å². The average molecular weight is 394 g/mol. The van der Waals surface area contributed by atoms with Crippen molar-refractivity contribution in [3.63, 3.8) is 0 Å². The highest BCUT2D eigenvalue weighted by Gasteiger charge is 2.35. The molecule has 1 aliphatic rings. The van der Waals surface area contributed by atoms with E-state index in [0.717, 1.165) is 18.2 Å². The summed E-state index contributed by atoms with van der Waals surface area (Å²) in [5.74, 6) is -1.23. The molecule has 3 rings (SSSR count). The zero-order chi connectivity index (χ0) is 19.7. The van der Waals surface area contributed by atoms with Crippen molar-refractivity contribution in [2.75, 3.05) is 0 Å². The van der Waals surface area contributed by atoms with Gasteiger partial charge in [0, 0.05) is 28.8 Å². The van der Waals surface area contributed by atoms with Gasteiger partial charge in [-0.2, -0.15) is 0 Å². The van der Waals surface area contributed by atoms with Gasteiger partial charge in [0.1, 0.15) is 5.82 Å². The van der Waals surface area contributed by atoms with Crippen molar-refractivity contribution >= 4 is 28.9 Å². The number of carbonyl (C=O) groups is 1. The fraction of sp³-hybridized carbons (Fsp3) is 0.235. The molecule has 0 unspecified atom stereocenters. The van der Waals surface area contributed by atoms with Gasteiger partial charge in [-0.05, 0) is 25.0 Å². The molecule has 0 spiro atoms. The highest BCUT2D eigenvalue weighted by Crippen LogP contribution is 2.33. The summed E-state index contributed by atoms with van der Waals surface area (Å²) in [6.45, 7) is -0.133. The van der Waals surface area contributed by atoms with Crippen molar-refractivity contribution in [1.82, 2.24) is 4.90 Å². The smallest absolute Gasteiger partial charge is 0.277 e. The lowest BCUT2D eigenvalue weighted by Gasteiger charge is -2.23. The Bertz CT molecular complexity index is 896. The van der Waals surface area contributed by atoms with Crippen LogP contribution >= 0.6 is 11.6 Å². The van der Waals surface area contributed by atoms with Crippen LogP contribution in [0.5, 0.6) is 0 Å². The van der Waals surface area contributed by atoms with E-state index < -0.39 is 32.9 Å². The van der Waals surface area contributed by atoms with Gasteiger partial charge < -0.3 is 4.90 Å². The highest BCUT2D eigenvalue weighted by molar-refractivity contribution is 6.31. The van der Waals surface area contributed by atoms with Crippen molar-refractivity contribution in [1.29, 1.82) is 0 Å². The highest BCUT2D eigenvalue weighted by atomic mass is 35.5. The Labute approximate surface area is 157 Å². The lowest BCUT2D eigenvalue weighted by molar-refractivity contribution is -0.394. The Hall–Kier alpha value is -3.07. The maximum atomic E-state index is 14.1. The van der Waals surface area contributed by atoms with Gasteiger partial charge in [0.25, 0.3) is 17.3 Å². The van der Waals surface area contributed by atoms with Crippen LogP contribution in [0.25, 0.3) is 0 Å². The van der Waals surface area contributed by atoms with Gasteiger partial charge in [0.05, 0.1) is 28.0 Å². The van der Waals surface area contributed by atoms with E-state index in [1.165, 1.54) is 23.1 Å². The van der Waals surface area contributed by atoms with Gasteiger partial charge in [-0.1, -0.05) is 17.7 Å². The summed E-state index contributed by atoms with van der Waals surface area (Å²) in [4.78, 5) is 34.7. The van der Waals surface area contributed by atoms with E-state index in [4.69, 9.17) is 11.6 Å². The van der Waals surface area contributed by atoms with Crippen LogP contribution in [0.15, 0.2) is 36.4 Å². The number of non-ortho nitro benzene ring substituents is 2. The number of halogens is 2. The van der Waals surface area contributed by atoms with Crippen LogP contribution in [0.4, 0.5) is 15.8 Å². The molecule has 0 aromatic heterocycles. The van der Waals surface area contributed by atoms with E-state index in [-0.39, 0.29) is 28.7 Å². The number of nitro groups is 2. The van der Waals surface area contributed by atoms with Crippen molar-refractivity contribution in [2.45, 2.75) is 25.4 Å². The fourth-order valence-corrected chi connectivity index (χ4v) is 2.92. The van der Waals surface area contributed by atoms with Crippen LogP contribution in [0, 0.1) is 26.0 Å². The minimum absolute atomic E-state index is 0.124. The van der Waals surface area contributed by atoms with Crippen LogP contribution in [-0.4, -0.2) is 26.7 Å². The van der Waals surface area contributed by atoms with Gasteiger partial charge >= 0.3 is 0 Å². The van der Waals surface area contributed by atoms with Crippen molar-refractivity contribution in [3.8, 4) is 0 Å². The fourth-order valence-electron chi connectivity index (χ4n) is 2.70. The summed E-state index contributed by atoms with van der Waals surface area (Å²) >= 11 is 6.03. The monoisotopic (exact) mass is 393 g/mol. The molecule has 8 nitrogen and oxygen atoms in total. The first-order chi connectivity index (χ1) is 12.8. The second-order valence-electron chi connectivity index (χ2n) is 6.12. The number of nitro benzene ring substituents is 2. The molecule has 2 aromatic rings. The lowest BCUT2D eigenvalue weighted by Crippen LogP contribution is -2.33. The molecule has 1 fully saturated rings. The Morgan fingerprint density at radius 3 is 2.22 bits per heavy atom. The number of hydrogen-bond donors (Lipinski definition) is 0. The summed E-state index contributed by atoms with van der Waals surface area (Å²) in [6.07, 6.45) is 1.38. The maximum absolute atomic E-state index is 14.1. The molecule has 0 heterocycles. The minimum Gasteiger partial charge on any atom is -0.331 e. The molecular weight excluding hydrogens is 381 g/mol. The van der Waals surface area contributed by atoms with Crippen LogP contribution in [0.3, 0.4) is 0 Å². The molecule has 27 heavy (non-hydrogen) atoms. The molecule has 0 aliphatic heterocycles. The minimum atomic E-state index is -0.807. The molecule has 1 saturated carbocycles. The van der Waals surface area contributed by atoms with Gasteiger partial charge in [-0.3, -0.25) is 25.0 Å².